The lowest BCUT2D eigenvalue weighted by Gasteiger charge is -2.22. The highest BCUT2D eigenvalue weighted by molar-refractivity contribution is 5.30. The van der Waals surface area contributed by atoms with Crippen molar-refractivity contribution >= 4 is 0 Å². The fourth-order valence-corrected chi connectivity index (χ4v) is 2.53. The van der Waals surface area contributed by atoms with Gasteiger partial charge in [0.25, 0.3) is 0 Å². The Kier molecular flexibility index (Phi) is 5.16. The third-order valence-corrected chi connectivity index (χ3v) is 3.72. The summed E-state index contributed by atoms with van der Waals surface area (Å²) in [6, 6.07) is 5.17. The number of methoxy groups -OCH3 is 1. The molecule has 0 bridgehead atoms. The van der Waals surface area contributed by atoms with Gasteiger partial charge in [-0.05, 0) is 18.9 Å². The van der Waals surface area contributed by atoms with Crippen LogP contribution >= 0.6 is 0 Å². The SMILES string of the molecule is COc1cccc(COC2CCCCCC2N)c1F. The summed E-state index contributed by atoms with van der Waals surface area (Å²) >= 11 is 0. The molecule has 1 aromatic carbocycles. The molecule has 0 saturated heterocycles. The first-order valence-electron chi connectivity index (χ1n) is 6.91. The van der Waals surface area contributed by atoms with Crippen LogP contribution < -0.4 is 10.5 Å². The van der Waals surface area contributed by atoms with Crippen molar-refractivity contribution in [2.75, 3.05) is 7.11 Å². The maximum atomic E-state index is 14.0. The van der Waals surface area contributed by atoms with Crippen LogP contribution in [0.1, 0.15) is 37.7 Å². The zero-order valence-corrected chi connectivity index (χ0v) is 11.4. The van der Waals surface area contributed by atoms with Crippen LogP contribution in [0.25, 0.3) is 0 Å². The molecule has 0 amide bonds. The number of nitrogens with two attached hydrogens (primary N) is 1. The molecule has 4 heteroatoms. The topological polar surface area (TPSA) is 44.5 Å². The first-order valence-corrected chi connectivity index (χ1v) is 6.91. The first-order chi connectivity index (χ1) is 9.22. The molecule has 1 aliphatic rings. The molecule has 1 fully saturated rings. The van der Waals surface area contributed by atoms with E-state index in [2.05, 4.69) is 0 Å². The summed E-state index contributed by atoms with van der Waals surface area (Å²) < 4.78 is 24.8. The lowest BCUT2D eigenvalue weighted by atomic mass is 10.1. The van der Waals surface area contributed by atoms with E-state index >= 15 is 0 Å². The Hall–Kier alpha value is -1.13. The molecule has 2 rings (SSSR count). The molecule has 0 spiro atoms. The molecular formula is C15H22FNO2. The van der Waals surface area contributed by atoms with Gasteiger partial charge in [-0.2, -0.15) is 0 Å². The van der Waals surface area contributed by atoms with E-state index < -0.39 is 0 Å². The molecule has 1 aliphatic carbocycles. The Morgan fingerprint density at radius 2 is 2.05 bits per heavy atom. The van der Waals surface area contributed by atoms with E-state index in [1.807, 2.05) is 0 Å². The smallest absolute Gasteiger partial charge is 0.170 e. The van der Waals surface area contributed by atoms with Gasteiger partial charge < -0.3 is 15.2 Å². The van der Waals surface area contributed by atoms with Gasteiger partial charge in [-0.15, -0.1) is 0 Å². The molecular weight excluding hydrogens is 245 g/mol. The van der Waals surface area contributed by atoms with Crippen molar-refractivity contribution < 1.29 is 13.9 Å². The largest absolute Gasteiger partial charge is 0.494 e. The van der Waals surface area contributed by atoms with Crippen molar-refractivity contribution in [1.29, 1.82) is 0 Å². The standard InChI is InChI=1S/C15H22FNO2/c1-18-14-9-5-6-11(15(14)16)10-19-13-8-4-2-3-7-12(13)17/h5-6,9,12-13H,2-4,7-8,10,17H2,1H3. The first kappa shape index (κ1) is 14.3. The maximum Gasteiger partial charge on any atom is 0.170 e. The number of hydrogen-bond donors (Lipinski definition) is 1. The highest BCUT2D eigenvalue weighted by Gasteiger charge is 2.21. The highest BCUT2D eigenvalue weighted by Crippen LogP contribution is 2.23. The van der Waals surface area contributed by atoms with E-state index in [1.165, 1.54) is 13.5 Å². The van der Waals surface area contributed by atoms with Crippen molar-refractivity contribution in [3.63, 3.8) is 0 Å². The summed E-state index contributed by atoms with van der Waals surface area (Å²) in [4.78, 5) is 0. The Morgan fingerprint density at radius 3 is 2.84 bits per heavy atom. The molecule has 0 aromatic heterocycles. The predicted molar refractivity (Wildman–Crippen MR) is 72.6 cm³/mol. The highest BCUT2D eigenvalue weighted by atomic mass is 19.1. The zero-order valence-electron chi connectivity index (χ0n) is 11.4. The Balaban J connectivity index is 1.97. The van der Waals surface area contributed by atoms with Crippen LogP contribution in [-0.2, 0) is 11.3 Å². The third-order valence-electron chi connectivity index (χ3n) is 3.72. The molecule has 3 nitrogen and oxygen atoms in total. The van der Waals surface area contributed by atoms with Crippen LogP contribution in [0.4, 0.5) is 4.39 Å². The minimum absolute atomic E-state index is 0.0353. The maximum absolute atomic E-state index is 14.0. The van der Waals surface area contributed by atoms with Gasteiger partial charge in [-0.1, -0.05) is 31.4 Å². The minimum atomic E-state index is -0.341. The average molecular weight is 267 g/mol. The number of hydrogen-bond acceptors (Lipinski definition) is 3. The summed E-state index contributed by atoms with van der Waals surface area (Å²) in [6.45, 7) is 0.251. The van der Waals surface area contributed by atoms with Crippen molar-refractivity contribution in [1.82, 2.24) is 0 Å². The lowest BCUT2D eigenvalue weighted by Crippen LogP contribution is -2.35. The summed E-state index contributed by atoms with van der Waals surface area (Å²) in [7, 11) is 1.46. The molecule has 2 atom stereocenters. The average Bonchev–Trinajstić information content (AvgIpc) is 2.62. The van der Waals surface area contributed by atoms with Crippen molar-refractivity contribution in [2.24, 2.45) is 5.73 Å². The second-order valence-electron chi connectivity index (χ2n) is 5.08. The van der Waals surface area contributed by atoms with Gasteiger partial charge in [0, 0.05) is 11.6 Å². The predicted octanol–water partition coefficient (Wildman–Crippen LogP) is 3.01. The quantitative estimate of drug-likeness (QED) is 0.853. The Labute approximate surface area is 113 Å². The molecule has 1 aromatic rings. The number of benzene rings is 1. The Morgan fingerprint density at radius 1 is 1.26 bits per heavy atom. The van der Waals surface area contributed by atoms with Crippen molar-refractivity contribution in [3.8, 4) is 5.75 Å². The molecule has 0 heterocycles. The van der Waals surface area contributed by atoms with Crippen LogP contribution in [0.5, 0.6) is 5.75 Å². The third kappa shape index (κ3) is 3.67. The van der Waals surface area contributed by atoms with Crippen molar-refractivity contribution in [3.05, 3.63) is 29.6 Å². The summed E-state index contributed by atoms with van der Waals surface area (Å²) in [5, 5.41) is 0. The van der Waals surface area contributed by atoms with Gasteiger partial charge in [0.1, 0.15) is 0 Å². The van der Waals surface area contributed by atoms with Gasteiger partial charge in [0.05, 0.1) is 19.8 Å². The van der Waals surface area contributed by atoms with Crippen molar-refractivity contribution in [2.45, 2.75) is 50.9 Å². The summed E-state index contributed by atoms with van der Waals surface area (Å²) in [5.41, 5.74) is 6.62. The molecule has 19 heavy (non-hydrogen) atoms. The van der Waals surface area contributed by atoms with Gasteiger partial charge in [-0.3, -0.25) is 0 Å². The molecule has 2 unspecified atom stereocenters. The van der Waals surface area contributed by atoms with Crippen LogP contribution in [0.3, 0.4) is 0 Å². The fraction of sp³-hybridized carbons (Fsp3) is 0.600. The van der Waals surface area contributed by atoms with E-state index in [0.717, 1.165) is 25.7 Å². The monoisotopic (exact) mass is 267 g/mol. The molecule has 0 aliphatic heterocycles. The lowest BCUT2D eigenvalue weighted by molar-refractivity contribution is 0.0180. The number of halogens is 1. The van der Waals surface area contributed by atoms with Crippen LogP contribution in [-0.4, -0.2) is 19.3 Å². The van der Waals surface area contributed by atoms with Gasteiger partial charge in [-0.25, -0.2) is 4.39 Å². The minimum Gasteiger partial charge on any atom is -0.494 e. The molecule has 1 saturated carbocycles. The zero-order chi connectivity index (χ0) is 13.7. The summed E-state index contributed by atoms with van der Waals surface area (Å²) in [5.74, 6) is -0.0848. The fourth-order valence-electron chi connectivity index (χ4n) is 2.53. The van der Waals surface area contributed by atoms with E-state index in [1.54, 1.807) is 18.2 Å². The second kappa shape index (κ2) is 6.87. The Bertz CT molecular complexity index is 411. The van der Waals surface area contributed by atoms with E-state index in [9.17, 15) is 4.39 Å². The number of ether oxygens (including phenoxy) is 2. The van der Waals surface area contributed by atoms with Crippen LogP contribution in [0.2, 0.25) is 0 Å². The molecule has 2 N–H and O–H groups in total. The van der Waals surface area contributed by atoms with Crippen LogP contribution in [0, 0.1) is 5.82 Å². The molecule has 106 valence electrons. The van der Waals surface area contributed by atoms with Gasteiger partial charge in [0.2, 0.25) is 0 Å². The number of rotatable bonds is 4. The van der Waals surface area contributed by atoms with Gasteiger partial charge in [0.15, 0.2) is 11.6 Å². The van der Waals surface area contributed by atoms with E-state index in [-0.39, 0.29) is 30.3 Å². The van der Waals surface area contributed by atoms with Gasteiger partial charge >= 0.3 is 0 Å². The molecule has 0 radical (unpaired) electrons. The normalized spacial score (nSPS) is 23.9. The summed E-state index contributed by atoms with van der Waals surface area (Å²) in [6.07, 6.45) is 5.50. The van der Waals surface area contributed by atoms with E-state index in [4.69, 9.17) is 15.2 Å². The second-order valence-corrected chi connectivity index (χ2v) is 5.08. The van der Waals surface area contributed by atoms with Crippen LogP contribution in [0.15, 0.2) is 18.2 Å². The van der Waals surface area contributed by atoms with E-state index in [0.29, 0.717) is 5.56 Å².